The maximum Gasteiger partial charge on any atom is 0.325 e. The maximum atomic E-state index is 11.9. The molecule has 1 rings (SSSR count). The first-order chi connectivity index (χ1) is 7.45. The minimum absolute atomic E-state index is 0.0907. The van der Waals surface area contributed by atoms with Gasteiger partial charge in [0.25, 0.3) is 5.91 Å². The van der Waals surface area contributed by atoms with Crippen molar-refractivity contribution < 1.29 is 14.3 Å². The smallest absolute Gasteiger partial charge is 0.325 e. The van der Waals surface area contributed by atoms with Gasteiger partial charge in [-0.15, -0.1) is 0 Å². The highest BCUT2D eigenvalue weighted by molar-refractivity contribution is 7.17. The van der Waals surface area contributed by atoms with Crippen molar-refractivity contribution in [3.8, 4) is 0 Å². The molecule has 1 amide bonds. The second-order valence-corrected chi connectivity index (χ2v) is 4.23. The van der Waals surface area contributed by atoms with E-state index < -0.39 is 5.97 Å². The molecule has 0 aliphatic rings. The molecule has 0 aliphatic carbocycles. The van der Waals surface area contributed by atoms with Gasteiger partial charge in [0.05, 0.1) is 12.8 Å². The molecule has 0 aliphatic heterocycles. The fraction of sp³-hybridized carbons (Fsp3) is 0.444. The fourth-order valence-electron chi connectivity index (χ4n) is 1.12. The van der Waals surface area contributed by atoms with E-state index in [2.05, 4.69) is 9.72 Å². The number of amides is 1. The van der Waals surface area contributed by atoms with Crippen molar-refractivity contribution >= 4 is 28.3 Å². The van der Waals surface area contributed by atoms with Crippen LogP contribution in [-0.4, -0.2) is 42.5 Å². The predicted octanol–water partition coefficient (Wildman–Crippen LogP) is 0.279. The van der Waals surface area contributed by atoms with E-state index in [0.29, 0.717) is 15.7 Å². The largest absolute Gasteiger partial charge is 0.468 e. The summed E-state index contributed by atoms with van der Waals surface area (Å²) in [4.78, 5) is 28.5. The van der Waals surface area contributed by atoms with Crippen LogP contribution in [0.1, 0.15) is 15.4 Å². The summed E-state index contributed by atoms with van der Waals surface area (Å²) in [5.41, 5.74) is 6.06. The van der Waals surface area contributed by atoms with Gasteiger partial charge in [-0.1, -0.05) is 11.3 Å². The van der Waals surface area contributed by atoms with Gasteiger partial charge in [-0.05, 0) is 6.92 Å². The van der Waals surface area contributed by atoms with Crippen molar-refractivity contribution in [2.24, 2.45) is 0 Å². The predicted molar refractivity (Wildman–Crippen MR) is 60.2 cm³/mol. The second kappa shape index (κ2) is 4.93. The molecule has 0 radical (unpaired) electrons. The molecule has 0 saturated carbocycles. The number of aromatic nitrogens is 1. The topological polar surface area (TPSA) is 85.5 Å². The number of nitrogen functional groups attached to an aromatic ring is 1. The summed E-state index contributed by atoms with van der Waals surface area (Å²) >= 11 is 1.11. The van der Waals surface area contributed by atoms with E-state index in [0.717, 1.165) is 11.3 Å². The zero-order chi connectivity index (χ0) is 12.3. The molecule has 88 valence electrons. The van der Waals surface area contributed by atoms with Crippen LogP contribution in [0, 0.1) is 6.92 Å². The van der Waals surface area contributed by atoms with Crippen LogP contribution in [0.2, 0.25) is 0 Å². The lowest BCUT2D eigenvalue weighted by Crippen LogP contribution is -2.32. The molecule has 0 saturated heterocycles. The van der Waals surface area contributed by atoms with Gasteiger partial charge in [-0.25, -0.2) is 4.98 Å². The highest BCUT2D eigenvalue weighted by Crippen LogP contribution is 2.20. The van der Waals surface area contributed by atoms with Crippen LogP contribution in [0.25, 0.3) is 0 Å². The van der Waals surface area contributed by atoms with Gasteiger partial charge in [-0.3, -0.25) is 9.59 Å². The maximum absolute atomic E-state index is 11.9. The number of hydrogen-bond acceptors (Lipinski definition) is 6. The Hall–Kier alpha value is -1.63. The minimum Gasteiger partial charge on any atom is -0.468 e. The summed E-state index contributed by atoms with van der Waals surface area (Å²) in [6, 6.07) is 0. The molecule has 1 aromatic rings. The van der Waals surface area contributed by atoms with Crippen molar-refractivity contribution in [3.05, 3.63) is 10.6 Å². The Balaban J connectivity index is 2.78. The fourth-order valence-corrected chi connectivity index (χ4v) is 1.95. The van der Waals surface area contributed by atoms with Crippen LogP contribution in [0.4, 0.5) is 5.13 Å². The third kappa shape index (κ3) is 2.69. The molecule has 0 fully saturated rings. The number of rotatable bonds is 3. The van der Waals surface area contributed by atoms with E-state index in [1.165, 1.54) is 19.1 Å². The van der Waals surface area contributed by atoms with Crippen LogP contribution < -0.4 is 5.73 Å². The van der Waals surface area contributed by atoms with Crippen molar-refractivity contribution in [1.29, 1.82) is 0 Å². The number of ether oxygens (including phenoxy) is 1. The summed E-state index contributed by atoms with van der Waals surface area (Å²) in [6.45, 7) is 1.61. The summed E-state index contributed by atoms with van der Waals surface area (Å²) < 4.78 is 4.47. The van der Waals surface area contributed by atoms with Crippen LogP contribution >= 0.6 is 11.3 Å². The third-order valence-electron chi connectivity index (χ3n) is 1.95. The lowest BCUT2D eigenvalue weighted by Gasteiger charge is -2.14. The normalized spacial score (nSPS) is 9.94. The number of anilines is 1. The van der Waals surface area contributed by atoms with Crippen molar-refractivity contribution in [1.82, 2.24) is 9.88 Å². The molecule has 0 bridgehead atoms. The van der Waals surface area contributed by atoms with Gasteiger partial charge in [0.1, 0.15) is 11.4 Å². The Morgan fingerprint density at radius 1 is 1.56 bits per heavy atom. The Morgan fingerprint density at radius 2 is 2.19 bits per heavy atom. The van der Waals surface area contributed by atoms with Gasteiger partial charge >= 0.3 is 5.97 Å². The second-order valence-electron chi connectivity index (χ2n) is 3.20. The van der Waals surface area contributed by atoms with Crippen LogP contribution in [0.5, 0.6) is 0 Å². The van der Waals surface area contributed by atoms with Gasteiger partial charge in [0.2, 0.25) is 0 Å². The average Bonchev–Trinajstić information content (AvgIpc) is 2.56. The molecule has 0 unspecified atom stereocenters. The number of thiazole rings is 1. The van der Waals surface area contributed by atoms with Crippen molar-refractivity contribution in [2.45, 2.75) is 6.92 Å². The SMILES string of the molecule is COC(=O)CN(C)C(=O)c1sc(N)nc1C. The molecule has 6 nitrogen and oxygen atoms in total. The first-order valence-electron chi connectivity index (χ1n) is 4.51. The first kappa shape index (κ1) is 12.4. The number of carbonyl (C=O) groups excluding carboxylic acids is 2. The number of methoxy groups -OCH3 is 1. The minimum atomic E-state index is -0.467. The Labute approximate surface area is 97.0 Å². The highest BCUT2D eigenvalue weighted by Gasteiger charge is 2.20. The zero-order valence-electron chi connectivity index (χ0n) is 9.31. The van der Waals surface area contributed by atoms with Crippen molar-refractivity contribution in [3.63, 3.8) is 0 Å². The molecule has 0 aromatic carbocycles. The molecular weight excluding hydrogens is 230 g/mol. The number of nitrogens with zero attached hydrogens (tertiary/aromatic N) is 2. The molecule has 7 heteroatoms. The van der Waals surface area contributed by atoms with E-state index in [-0.39, 0.29) is 12.5 Å². The Morgan fingerprint density at radius 3 is 2.62 bits per heavy atom. The molecule has 2 N–H and O–H groups in total. The van der Waals surface area contributed by atoms with E-state index in [1.54, 1.807) is 6.92 Å². The van der Waals surface area contributed by atoms with E-state index in [4.69, 9.17) is 5.73 Å². The quantitative estimate of drug-likeness (QED) is 0.771. The molecule has 1 aromatic heterocycles. The van der Waals surface area contributed by atoms with Gasteiger partial charge in [-0.2, -0.15) is 0 Å². The standard InChI is InChI=1S/C9H13N3O3S/c1-5-7(16-9(10)11-5)8(14)12(2)4-6(13)15-3/h4H2,1-3H3,(H2,10,11). The van der Waals surface area contributed by atoms with Crippen LogP contribution in [0.3, 0.4) is 0 Å². The number of nitrogens with two attached hydrogens (primary N) is 1. The van der Waals surface area contributed by atoms with Crippen molar-refractivity contribution in [2.75, 3.05) is 26.4 Å². The number of esters is 1. The van der Waals surface area contributed by atoms with E-state index in [9.17, 15) is 9.59 Å². The van der Waals surface area contributed by atoms with E-state index >= 15 is 0 Å². The zero-order valence-corrected chi connectivity index (χ0v) is 10.1. The monoisotopic (exact) mass is 243 g/mol. The summed E-state index contributed by atoms with van der Waals surface area (Å²) in [6.07, 6.45) is 0. The first-order valence-corrected chi connectivity index (χ1v) is 5.32. The third-order valence-corrected chi connectivity index (χ3v) is 2.92. The molecule has 16 heavy (non-hydrogen) atoms. The highest BCUT2D eigenvalue weighted by atomic mass is 32.1. The van der Waals surface area contributed by atoms with Gasteiger partial charge < -0.3 is 15.4 Å². The Kier molecular flexibility index (Phi) is 3.83. The number of hydrogen-bond donors (Lipinski definition) is 1. The van der Waals surface area contributed by atoms with Gasteiger partial charge in [0.15, 0.2) is 5.13 Å². The number of carbonyl (C=O) groups is 2. The molecule has 0 atom stereocenters. The summed E-state index contributed by atoms with van der Waals surface area (Å²) in [5.74, 6) is -0.747. The molecular formula is C9H13N3O3S. The van der Waals surface area contributed by atoms with E-state index in [1.807, 2.05) is 0 Å². The lowest BCUT2D eigenvalue weighted by atomic mass is 10.3. The van der Waals surface area contributed by atoms with Crippen LogP contribution in [0.15, 0.2) is 0 Å². The van der Waals surface area contributed by atoms with Gasteiger partial charge in [0, 0.05) is 7.05 Å². The molecule has 0 spiro atoms. The average molecular weight is 243 g/mol. The summed E-state index contributed by atoms with van der Waals surface area (Å²) in [5, 5.41) is 0.340. The number of aryl methyl sites for hydroxylation is 1. The number of likely N-dealkylation sites (N-methyl/N-ethyl adjacent to an activating group) is 1. The summed E-state index contributed by atoms with van der Waals surface area (Å²) in [7, 11) is 2.80. The Bertz CT molecular complexity index is 416. The molecule has 1 heterocycles. The van der Waals surface area contributed by atoms with Crippen LogP contribution in [-0.2, 0) is 9.53 Å². The lowest BCUT2D eigenvalue weighted by molar-refractivity contribution is -0.141.